The molecule has 1 aliphatic heterocycles. The summed E-state index contributed by atoms with van der Waals surface area (Å²) >= 11 is 1.07. The number of fused-ring (bicyclic) bond motifs is 1. The summed E-state index contributed by atoms with van der Waals surface area (Å²) < 4.78 is 11.2. The van der Waals surface area contributed by atoms with E-state index in [1.165, 1.54) is 31.2 Å². The van der Waals surface area contributed by atoms with Crippen LogP contribution in [0.5, 0.6) is 0 Å². The number of unbranched alkanes of at least 4 members (excludes halogenated alkanes) is 1. The lowest BCUT2D eigenvalue weighted by molar-refractivity contribution is -0.213. The van der Waals surface area contributed by atoms with Crippen molar-refractivity contribution in [2.45, 2.75) is 162 Å². The number of likely N-dealkylation sites (N-methyl/N-ethyl adjacent to an activating group) is 1. The lowest BCUT2D eigenvalue weighted by Crippen LogP contribution is -2.58. The second-order valence-corrected chi connectivity index (χ2v) is 24.5. The molecule has 1 aromatic heterocycles. The minimum atomic E-state index is -1.29. The first kappa shape index (κ1) is 70.2. The molecule has 0 bridgehead atoms. The standard InChI is InChI=1S/C62H88N10O14S/c1-10-12-19-28-85-72(59(80)55(39(5)11-2)70-57(79)48-22-17-18-27-71(48)9)49(38(3)4)30-50(86-40(6)73)58-69-47(37-87-58)56(78)68-43(31-62(7,8)60(81)82)29-41-23-25-42(26-24-41)67-54(77)35-65-52(75)33-63-51(74)32-64-53(76)34-66-61(83)84-36-46-44-20-15-13-14-16-21-45(44)46/h1,23-26,37-39,43-46,48-50,55H,11-12,15-22,27-36H2,2-9H3,(H,63,74)(H,64,76)(H,65,75)(H,66,83)(H,67,77)(H,68,78)(H,70,79)(H,81,82)/t39-,43-,44-,45+,46?,48+,49+,50+,55-/m0/s1. The quantitative estimate of drug-likeness (QED) is 0.0209. The van der Waals surface area contributed by atoms with Crippen LogP contribution in [0.25, 0.3) is 0 Å². The molecular formula is C62H88N10O14S. The van der Waals surface area contributed by atoms with Gasteiger partial charge in [-0.15, -0.1) is 35.5 Å². The van der Waals surface area contributed by atoms with Crippen LogP contribution < -0.4 is 37.2 Å². The molecule has 0 spiro atoms. The summed E-state index contributed by atoms with van der Waals surface area (Å²) in [5, 5.41) is 31.3. The highest BCUT2D eigenvalue weighted by molar-refractivity contribution is 7.09. The number of piperidine rings is 1. The van der Waals surface area contributed by atoms with Crippen LogP contribution in [0.2, 0.25) is 0 Å². The number of nitrogens with one attached hydrogen (secondary N) is 7. The zero-order valence-corrected chi connectivity index (χ0v) is 52.2. The maximum atomic E-state index is 14.9. The van der Waals surface area contributed by atoms with Gasteiger partial charge in [0.1, 0.15) is 23.3 Å². The van der Waals surface area contributed by atoms with Crippen molar-refractivity contribution in [2.24, 2.45) is 35.0 Å². The number of aliphatic carboxylic acids is 1. The van der Waals surface area contributed by atoms with Crippen LogP contribution in [0.3, 0.4) is 0 Å². The monoisotopic (exact) mass is 1230 g/mol. The molecule has 1 saturated carbocycles. The molecule has 25 heteroatoms. The Balaban J connectivity index is 1.14. The Morgan fingerprint density at radius 2 is 1.49 bits per heavy atom. The summed E-state index contributed by atoms with van der Waals surface area (Å²) in [5.41, 5.74) is -0.277. The average Bonchev–Trinajstić information content (AvgIpc) is 4.05. The number of alkyl carbamates (subject to hydrolysis) is 1. The normalized spacial score (nSPS) is 18.9. The van der Waals surface area contributed by atoms with Gasteiger partial charge in [-0.25, -0.2) is 14.8 Å². The van der Waals surface area contributed by atoms with Gasteiger partial charge in [0.15, 0.2) is 6.10 Å². The van der Waals surface area contributed by atoms with Crippen molar-refractivity contribution >= 4 is 76.4 Å². The first-order valence-corrected chi connectivity index (χ1v) is 30.9. The molecule has 2 heterocycles. The van der Waals surface area contributed by atoms with Crippen LogP contribution in [0.1, 0.15) is 153 Å². The number of amides is 8. The van der Waals surface area contributed by atoms with E-state index < -0.39 is 115 Å². The molecule has 2 aromatic rings. The molecule has 2 aliphatic carbocycles. The van der Waals surface area contributed by atoms with Crippen molar-refractivity contribution in [3.8, 4) is 24.2 Å². The summed E-state index contributed by atoms with van der Waals surface area (Å²) in [5.74, 6) is 3.92. The van der Waals surface area contributed by atoms with Crippen LogP contribution in [-0.4, -0.2) is 157 Å². The molecular weight excluding hydrogens is 1140 g/mol. The van der Waals surface area contributed by atoms with Gasteiger partial charge in [0.05, 0.1) is 50.3 Å². The average molecular weight is 1230 g/mol. The molecule has 476 valence electrons. The molecule has 1 aromatic carbocycles. The molecule has 0 radical (unpaired) electrons. The Hall–Kier alpha value is -7.61. The number of hydrogen-bond acceptors (Lipinski definition) is 16. The van der Waals surface area contributed by atoms with Gasteiger partial charge >= 0.3 is 18.0 Å². The molecule has 8 N–H and O–H groups in total. The van der Waals surface area contributed by atoms with Crippen molar-refractivity contribution < 1.29 is 67.4 Å². The fourth-order valence-electron chi connectivity index (χ4n) is 10.7. The Kier molecular flexibility index (Phi) is 27.9. The summed E-state index contributed by atoms with van der Waals surface area (Å²) in [7, 11) is 1.90. The molecule has 8 amide bonds. The third-order valence-electron chi connectivity index (χ3n) is 16.0. The van der Waals surface area contributed by atoms with Gasteiger partial charge < -0.3 is 51.8 Å². The number of carboxylic acid groups (broad SMARTS) is 1. The molecule has 24 nitrogen and oxygen atoms in total. The summed E-state index contributed by atoms with van der Waals surface area (Å²) in [6.45, 7) is 11.2. The first-order chi connectivity index (χ1) is 41.4. The number of carbonyl (C=O) groups is 10. The van der Waals surface area contributed by atoms with Gasteiger partial charge in [-0.1, -0.05) is 52.7 Å². The fourth-order valence-corrected chi connectivity index (χ4v) is 11.5. The van der Waals surface area contributed by atoms with Crippen molar-refractivity contribution in [3.05, 3.63) is 45.9 Å². The number of anilines is 1. The Bertz CT molecular complexity index is 2810. The van der Waals surface area contributed by atoms with Crippen molar-refractivity contribution in [3.63, 3.8) is 0 Å². The maximum absolute atomic E-state index is 14.9. The Labute approximate surface area is 514 Å². The second kappa shape index (κ2) is 34.7. The Morgan fingerprint density at radius 3 is 2.07 bits per heavy atom. The zero-order chi connectivity index (χ0) is 63.8. The van der Waals surface area contributed by atoms with E-state index in [-0.39, 0.29) is 60.9 Å². The number of likely N-dealkylation sites (tertiary alicyclic amines) is 1. The van der Waals surface area contributed by atoms with E-state index in [0.29, 0.717) is 54.7 Å². The highest BCUT2D eigenvalue weighted by atomic mass is 32.1. The number of benzene rings is 1. The number of nitrogens with zero attached hydrogens (tertiary/aromatic N) is 3. The van der Waals surface area contributed by atoms with E-state index in [1.54, 1.807) is 24.3 Å². The van der Waals surface area contributed by atoms with Crippen LogP contribution >= 0.6 is 11.3 Å². The number of hydrogen-bond donors (Lipinski definition) is 8. The molecule has 5 rings (SSSR count). The minimum absolute atomic E-state index is 0.00111. The number of terminal acetylenes is 1. The zero-order valence-electron chi connectivity index (χ0n) is 51.4. The minimum Gasteiger partial charge on any atom is -0.481 e. The number of rotatable bonds is 33. The summed E-state index contributed by atoms with van der Waals surface area (Å²) in [6, 6.07) is 3.74. The molecule has 2 fully saturated rings. The molecule has 3 aliphatic rings. The van der Waals surface area contributed by atoms with Gasteiger partial charge in [0.2, 0.25) is 29.5 Å². The van der Waals surface area contributed by atoms with E-state index in [9.17, 15) is 53.1 Å². The lowest BCUT2D eigenvalue weighted by atomic mass is 9.84. The van der Waals surface area contributed by atoms with Gasteiger partial charge in [-0.3, -0.25) is 52.9 Å². The van der Waals surface area contributed by atoms with Crippen LogP contribution in [-0.2, 0) is 59.1 Å². The predicted molar refractivity (Wildman–Crippen MR) is 324 cm³/mol. The number of ether oxygens (including phenoxy) is 2. The summed E-state index contributed by atoms with van der Waals surface area (Å²) in [6.07, 6.45) is 11.5. The van der Waals surface area contributed by atoms with Gasteiger partial charge in [-0.2, -0.15) is 0 Å². The molecule has 9 atom stereocenters. The highest BCUT2D eigenvalue weighted by Gasteiger charge is 2.49. The van der Waals surface area contributed by atoms with Gasteiger partial charge in [-0.05, 0) is 120 Å². The molecule has 1 unspecified atom stereocenters. The van der Waals surface area contributed by atoms with E-state index >= 15 is 0 Å². The largest absolute Gasteiger partial charge is 0.481 e. The lowest BCUT2D eigenvalue weighted by Gasteiger charge is -2.39. The van der Waals surface area contributed by atoms with Crippen LogP contribution in [0.15, 0.2) is 29.6 Å². The fraction of sp³-hybridized carbons (Fsp3) is 0.629. The first-order valence-electron chi connectivity index (χ1n) is 30.0. The SMILES string of the molecule is C#CCCCON(C(=O)[C@@H](NC(=O)[C@H]1CCCCN1C)[C@@H](C)CC)[C@H](C[C@@H](OC(C)=O)c1nc(C(=O)N[C@@H](Cc2ccc(NC(=O)CNC(=O)CNC(=O)CNC(=O)CNC(=O)OCC3[C@H]4CCC#CCC[C@@H]34)cc2)CC(C)(C)C(=O)O)cs1)C(C)C. The van der Waals surface area contributed by atoms with Gasteiger partial charge in [0, 0.05) is 49.7 Å². The molecule has 1 saturated heterocycles. The number of esters is 1. The predicted octanol–water partition coefficient (Wildman–Crippen LogP) is 4.65. The van der Waals surface area contributed by atoms with E-state index in [2.05, 4.69) is 60.0 Å². The summed E-state index contributed by atoms with van der Waals surface area (Å²) in [4.78, 5) is 143. The van der Waals surface area contributed by atoms with E-state index in [4.69, 9.17) is 20.7 Å². The third kappa shape index (κ3) is 22.9. The molecule has 87 heavy (non-hydrogen) atoms. The number of carbonyl (C=O) groups excluding carboxylic acids is 9. The smallest absolute Gasteiger partial charge is 0.407 e. The van der Waals surface area contributed by atoms with Crippen molar-refractivity contribution in [1.29, 1.82) is 0 Å². The Morgan fingerprint density at radius 1 is 0.874 bits per heavy atom. The maximum Gasteiger partial charge on any atom is 0.407 e. The number of carboxylic acids is 1. The van der Waals surface area contributed by atoms with Crippen molar-refractivity contribution in [2.75, 3.05) is 58.3 Å². The topological polar surface area (TPSA) is 322 Å². The highest BCUT2D eigenvalue weighted by Crippen LogP contribution is 2.52. The number of aromatic nitrogens is 1. The van der Waals surface area contributed by atoms with Gasteiger partial charge in [0.25, 0.3) is 11.8 Å². The number of thiazole rings is 1. The van der Waals surface area contributed by atoms with Crippen LogP contribution in [0.4, 0.5) is 10.5 Å². The van der Waals surface area contributed by atoms with E-state index in [0.717, 1.165) is 56.4 Å². The van der Waals surface area contributed by atoms with Crippen LogP contribution in [0, 0.1) is 59.2 Å². The number of hydroxylamine groups is 2. The van der Waals surface area contributed by atoms with E-state index in [1.807, 2.05) is 39.6 Å². The third-order valence-corrected chi connectivity index (χ3v) is 16.9. The van der Waals surface area contributed by atoms with Crippen molar-refractivity contribution in [1.82, 2.24) is 46.8 Å². The second-order valence-electron chi connectivity index (χ2n) is 23.6.